The van der Waals surface area contributed by atoms with Crippen LogP contribution in [-0.4, -0.2) is 47.0 Å². The second kappa shape index (κ2) is 9.51. The summed E-state index contributed by atoms with van der Waals surface area (Å²) < 4.78 is 102. The number of halogens is 7. The zero-order valence-corrected chi connectivity index (χ0v) is 20.1. The minimum absolute atomic E-state index is 0.0831. The van der Waals surface area contributed by atoms with Gasteiger partial charge in [-0.1, -0.05) is 0 Å². The minimum atomic E-state index is -4.95. The fraction of sp³-hybridized carbons (Fsp3) is 0.417. The van der Waals surface area contributed by atoms with Gasteiger partial charge < -0.3 is 15.8 Å². The van der Waals surface area contributed by atoms with Crippen LogP contribution in [0.5, 0.6) is 5.75 Å². The van der Waals surface area contributed by atoms with Crippen LogP contribution in [-0.2, 0) is 6.18 Å². The van der Waals surface area contributed by atoms with E-state index in [0.29, 0.717) is 6.07 Å². The molecule has 13 heteroatoms. The first-order valence-electron chi connectivity index (χ1n) is 11.3. The van der Waals surface area contributed by atoms with Crippen LogP contribution in [0, 0.1) is 18.6 Å². The van der Waals surface area contributed by atoms with Gasteiger partial charge in [-0.15, -0.1) is 0 Å². The van der Waals surface area contributed by atoms with Crippen molar-refractivity contribution >= 4 is 22.4 Å². The summed E-state index contributed by atoms with van der Waals surface area (Å²) in [5, 5.41) is 3.09. The van der Waals surface area contributed by atoms with Crippen LogP contribution in [0.1, 0.15) is 36.3 Å². The number of anilines is 2. The fourth-order valence-corrected chi connectivity index (χ4v) is 4.37. The first-order valence-corrected chi connectivity index (χ1v) is 11.3. The molecule has 1 fully saturated rings. The summed E-state index contributed by atoms with van der Waals surface area (Å²) in [6.45, 7) is 2.31. The van der Waals surface area contributed by atoms with Crippen LogP contribution >= 0.6 is 0 Å². The molecule has 0 unspecified atom stereocenters. The SMILES string of the molecule is Cc1nc(N[C@H](C)c2cc(N)cc(C(F)(F)F)c2F)c2cc(OC[C@@H]3CC(F)(F)CN3C)c(F)cc2n1. The molecule has 6 nitrogen and oxygen atoms in total. The van der Waals surface area contributed by atoms with Crippen molar-refractivity contribution in [3.63, 3.8) is 0 Å². The maximum Gasteiger partial charge on any atom is 0.419 e. The number of likely N-dealkylation sites (tertiary alicyclic amines) is 1. The fourth-order valence-electron chi connectivity index (χ4n) is 4.37. The molecule has 37 heavy (non-hydrogen) atoms. The number of alkyl halides is 5. The molecule has 1 aliphatic heterocycles. The second-order valence-corrected chi connectivity index (χ2v) is 9.19. The summed E-state index contributed by atoms with van der Waals surface area (Å²) >= 11 is 0. The molecule has 1 aliphatic rings. The number of ether oxygens (including phenoxy) is 1. The quantitative estimate of drug-likeness (QED) is 0.314. The Labute approximate surface area is 207 Å². The number of aryl methyl sites for hydroxylation is 1. The van der Waals surface area contributed by atoms with Gasteiger partial charge in [0.1, 0.15) is 24.1 Å². The Morgan fingerprint density at radius 3 is 2.51 bits per heavy atom. The molecule has 0 saturated carbocycles. The van der Waals surface area contributed by atoms with E-state index in [4.69, 9.17) is 10.5 Å². The Hall–Kier alpha value is -3.35. The van der Waals surface area contributed by atoms with Crippen LogP contribution < -0.4 is 15.8 Å². The van der Waals surface area contributed by atoms with Crippen molar-refractivity contribution in [2.45, 2.75) is 44.5 Å². The molecule has 3 aromatic rings. The third kappa shape index (κ3) is 5.65. The number of hydrogen-bond donors (Lipinski definition) is 2. The first-order chi connectivity index (χ1) is 17.1. The van der Waals surface area contributed by atoms with Gasteiger partial charge in [-0.25, -0.2) is 27.5 Å². The third-order valence-corrected chi connectivity index (χ3v) is 6.18. The number of nitrogens with one attached hydrogen (secondary N) is 1. The Balaban J connectivity index is 1.66. The molecule has 0 amide bonds. The summed E-state index contributed by atoms with van der Waals surface area (Å²) in [5.74, 6) is -5.08. The lowest BCUT2D eigenvalue weighted by atomic mass is 10.0. The lowest BCUT2D eigenvalue weighted by molar-refractivity contribution is -0.140. The van der Waals surface area contributed by atoms with Gasteiger partial charge in [-0.05, 0) is 39.1 Å². The van der Waals surface area contributed by atoms with Crippen molar-refractivity contribution in [2.75, 3.05) is 31.2 Å². The van der Waals surface area contributed by atoms with E-state index in [1.165, 1.54) is 31.9 Å². The maximum absolute atomic E-state index is 14.8. The molecule has 0 aliphatic carbocycles. The number of rotatable bonds is 6. The van der Waals surface area contributed by atoms with Crippen molar-refractivity contribution in [3.05, 3.63) is 52.9 Å². The van der Waals surface area contributed by atoms with Crippen LogP contribution in [0.3, 0.4) is 0 Å². The zero-order valence-electron chi connectivity index (χ0n) is 20.1. The van der Waals surface area contributed by atoms with Crippen molar-refractivity contribution < 1.29 is 35.5 Å². The van der Waals surface area contributed by atoms with Gasteiger partial charge in [0, 0.05) is 35.2 Å². The van der Waals surface area contributed by atoms with E-state index in [-0.39, 0.29) is 46.2 Å². The molecule has 1 aromatic heterocycles. The topological polar surface area (TPSA) is 76.3 Å². The monoisotopic (exact) mass is 531 g/mol. The molecule has 2 heterocycles. The van der Waals surface area contributed by atoms with Crippen LogP contribution in [0.25, 0.3) is 10.9 Å². The Bertz CT molecular complexity index is 1330. The molecule has 0 bridgehead atoms. The molecule has 2 aromatic carbocycles. The van der Waals surface area contributed by atoms with Crippen molar-refractivity contribution in [1.29, 1.82) is 0 Å². The highest BCUT2D eigenvalue weighted by atomic mass is 19.4. The lowest BCUT2D eigenvalue weighted by Crippen LogP contribution is -2.30. The second-order valence-electron chi connectivity index (χ2n) is 9.19. The van der Waals surface area contributed by atoms with E-state index < -0.39 is 54.3 Å². The predicted octanol–water partition coefficient (Wildman–Crippen LogP) is 5.71. The molecule has 0 spiro atoms. The van der Waals surface area contributed by atoms with Gasteiger partial charge >= 0.3 is 6.18 Å². The van der Waals surface area contributed by atoms with Crippen molar-refractivity contribution in [2.24, 2.45) is 0 Å². The van der Waals surface area contributed by atoms with Gasteiger partial charge in [-0.2, -0.15) is 13.2 Å². The molecule has 1 saturated heterocycles. The minimum Gasteiger partial charge on any atom is -0.489 e. The summed E-state index contributed by atoms with van der Waals surface area (Å²) in [4.78, 5) is 9.84. The number of nitrogens with two attached hydrogens (primary N) is 1. The molecule has 2 atom stereocenters. The van der Waals surface area contributed by atoms with E-state index in [0.717, 1.165) is 12.1 Å². The average Bonchev–Trinajstić information content (AvgIpc) is 3.04. The largest absolute Gasteiger partial charge is 0.489 e. The number of aromatic nitrogens is 2. The number of nitrogens with zero attached hydrogens (tertiary/aromatic N) is 3. The van der Waals surface area contributed by atoms with E-state index in [1.54, 1.807) is 0 Å². The lowest BCUT2D eigenvalue weighted by Gasteiger charge is -2.21. The normalized spacial score (nSPS) is 18.8. The zero-order chi connectivity index (χ0) is 27.3. The van der Waals surface area contributed by atoms with Crippen molar-refractivity contribution in [1.82, 2.24) is 14.9 Å². The van der Waals surface area contributed by atoms with Crippen LogP contribution in [0.15, 0.2) is 24.3 Å². The average molecular weight is 531 g/mol. The van der Waals surface area contributed by atoms with Gasteiger partial charge in [-0.3, -0.25) is 4.90 Å². The standard InChI is InChI=1S/C24H24F7N5O/c1-11(15-4-13(32)5-17(21(15)26)24(29,30)31)33-22-16-6-20(18(25)7-19(16)34-12(2)35-22)37-9-14-8-23(27,28)10-36(14)3/h4-7,11,14H,8-10,32H2,1-3H3,(H,33,34,35)/t11-,14+/m1/s1. The number of nitrogen functional groups attached to an aromatic ring is 1. The highest BCUT2D eigenvalue weighted by Gasteiger charge is 2.43. The number of likely N-dealkylation sites (N-methyl/N-ethyl adjacent to an activating group) is 1. The first kappa shape index (κ1) is 26.7. The van der Waals surface area contributed by atoms with E-state index in [2.05, 4.69) is 15.3 Å². The van der Waals surface area contributed by atoms with E-state index in [9.17, 15) is 30.7 Å². The molecular formula is C24H24F7N5O. The smallest absolute Gasteiger partial charge is 0.419 e. The van der Waals surface area contributed by atoms with Gasteiger partial charge in [0.25, 0.3) is 5.92 Å². The highest BCUT2D eigenvalue weighted by molar-refractivity contribution is 5.90. The summed E-state index contributed by atoms with van der Waals surface area (Å²) in [6, 6.07) is 2.27. The molecule has 0 radical (unpaired) electrons. The van der Waals surface area contributed by atoms with Crippen LogP contribution in [0.4, 0.5) is 42.2 Å². The van der Waals surface area contributed by atoms with E-state index >= 15 is 0 Å². The molecule has 4 rings (SSSR count). The van der Waals surface area contributed by atoms with E-state index in [1.807, 2.05) is 0 Å². The van der Waals surface area contributed by atoms with Crippen molar-refractivity contribution in [3.8, 4) is 5.75 Å². The third-order valence-electron chi connectivity index (χ3n) is 6.18. The van der Waals surface area contributed by atoms with Gasteiger partial charge in [0.15, 0.2) is 11.6 Å². The molecular weight excluding hydrogens is 507 g/mol. The predicted molar refractivity (Wildman–Crippen MR) is 124 cm³/mol. The Morgan fingerprint density at radius 1 is 1.19 bits per heavy atom. The number of hydrogen-bond acceptors (Lipinski definition) is 6. The molecule has 200 valence electrons. The van der Waals surface area contributed by atoms with Gasteiger partial charge in [0.05, 0.1) is 23.7 Å². The Morgan fingerprint density at radius 2 is 1.89 bits per heavy atom. The Kier molecular flexibility index (Phi) is 6.86. The molecule has 3 N–H and O–H groups in total. The summed E-state index contributed by atoms with van der Waals surface area (Å²) in [7, 11) is 1.52. The highest BCUT2D eigenvalue weighted by Crippen LogP contribution is 2.37. The summed E-state index contributed by atoms with van der Waals surface area (Å²) in [6.07, 6.45) is -5.38. The number of fused-ring (bicyclic) bond motifs is 1. The summed E-state index contributed by atoms with van der Waals surface area (Å²) in [5.41, 5.74) is 3.62. The number of benzene rings is 2. The van der Waals surface area contributed by atoms with Crippen LogP contribution in [0.2, 0.25) is 0 Å². The maximum atomic E-state index is 14.8. The van der Waals surface area contributed by atoms with Gasteiger partial charge in [0.2, 0.25) is 0 Å².